The highest BCUT2D eigenvalue weighted by molar-refractivity contribution is 5.70. The van der Waals surface area contributed by atoms with Crippen LogP contribution < -0.4 is 11.3 Å². The van der Waals surface area contributed by atoms with E-state index in [1.165, 1.54) is 0 Å². The monoisotopic (exact) mass is 279 g/mol. The molecule has 2 aromatic rings. The summed E-state index contributed by atoms with van der Waals surface area (Å²) in [4.78, 5) is 22.4. The van der Waals surface area contributed by atoms with Gasteiger partial charge in [0.15, 0.2) is 11.2 Å². The maximum atomic E-state index is 11.8. The van der Waals surface area contributed by atoms with E-state index in [-0.39, 0.29) is 41.9 Å². The van der Waals surface area contributed by atoms with Crippen LogP contribution in [0.25, 0.3) is 11.2 Å². The molecule has 3 rings (SSSR count). The molecule has 0 saturated carbocycles. The van der Waals surface area contributed by atoms with Gasteiger partial charge in [-0.2, -0.15) is 4.98 Å². The second-order valence-electron chi connectivity index (χ2n) is 5.12. The summed E-state index contributed by atoms with van der Waals surface area (Å²) in [6.45, 7) is 2.08. The molecule has 108 valence electrons. The van der Waals surface area contributed by atoms with Gasteiger partial charge in [0, 0.05) is 12.5 Å². The molecule has 0 amide bonds. The fraction of sp³-hybridized carbons (Fsp3) is 0.583. The number of aliphatic hydroxyl groups is 1. The molecule has 3 atom stereocenters. The number of aliphatic hydroxyl groups excluding tert-OH is 1. The highest BCUT2D eigenvalue weighted by atomic mass is 16.5. The molecule has 20 heavy (non-hydrogen) atoms. The third-order valence-corrected chi connectivity index (χ3v) is 3.63. The van der Waals surface area contributed by atoms with E-state index < -0.39 is 0 Å². The van der Waals surface area contributed by atoms with Gasteiger partial charge in [0.05, 0.1) is 12.4 Å². The molecule has 4 N–H and O–H groups in total. The molecular weight excluding hydrogens is 262 g/mol. The number of H-pyrrole nitrogens is 1. The minimum atomic E-state index is -0.365. The van der Waals surface area contributed by atoms with Crippen LogP contribution >= 0.6 is 0 Å². The normalized spacial score (nSPS) is 26.4. The number of rotatable bonds is 3. The Kier molecular flexibility index (Phi) is 3.19. The molecule has 0 radical (unpaired) electrons. The summed E-state index contributed by atoms with van der Waals surface area (Å²) in [5.74, 6) is 0.212. The summed E-state index contributed by atoms with van der Waals surface area (Å²) in [7, 11) is 0. The Morgan fingerprint density at radius 3 is 3.20 bits per heavy atom. The number of ether oxygens (including phenoxy) is 1. The number of hydrogen-bond donors (Lipinski definition) is 3. The molecule has 1 aliphatic heterocycles. The topological polar surface area (TPSA) is 119 Å². The molecule has 8 nitrogen and oxygen atoms in total. The molecule has 0 aromatic carbocycles. The van der Waals surface area contributed by atoms with Crippen molar-refractivity contribution in [1.82, 2.24) is 19.5 Å². The van der Waals surface area contributed by atoms with Crippen LogP contribution in [0.1, 0.15) is 26.0 Å². The maximum Gasteiger partial charge on any atom is 0.280 e. The summed E-state index contributed by atoms with van der Waals surface area (Å²) < 4.78 is 7.60. The van der Waals surface area contributed by atoms with Crippen LogP contribution in [0, 0.1) is 5.92 Å². The van der Waals surface area contributed by atoms with E-state index in [0.717, 1.165) is 6.42 Å². The zero-order valence-electron chi connectivity index (χ0n) is 11.1. The largest absolute Gasteiger partial charge is 0.396 e. The number of nitrogens with one attached hydrogen (secondary N) is 1. The van der Waals surface area contributed by atoms with Crippen molar-refractivity contribution in [3.63, 3.8) is 0 Å². The highest BCUT2D eigenvalue weighted by Gasteiger charge is 2.35. The van der Waals surface area contributed by atoms with Gasteiger partial charge >= 0.3 is 0 Å². The van der Waals surface area contributed by atoms with E-state index >= 15 is 0 Å². The van der Waals surface area contributed by atoms with Gasteiger partial charge in [0.1, 0.15) is 6.23 Å². The van der Waals surface area contributed by atoms with E-state index in [2.05, 4.69) is 15.0 Å². The van der Waals surface area contributed by atoms with E-state index in [1.807, 2.05) is 6.92 Å². The van der Waals surface area contributed by atoms with Gasteiger partial charge in [-0.25, -0.2) is 4.98 Å². The third-order valence-electron chi connectivity index (χ3n) is 3.63. The molecule has 0 spiro atoms. The number of nitrogen functional groups attached to an aromatic ring is 1. The Balaban J connectivity index is 2.07. The lowest BCUT2D eigenvalue weighted by Gasteiger charge is -2.19. The van der Waals surface area contributed by atoms with Gasteiger partial charge in [-0.05, 0) is 19.8 Å². The smallest absolute Gasteiger partial charge is 0.280 e. The summed E-state index contributed by atoms with van der Waals surface area (Å²) in [6, 6.07) is 0. The van der Waals surface area contributed by atoms with Crippen molar-refractivity contribution in [2.75, 3.05) is 12.3 Å². The second kappa shape index (κ2) is 4.88. The van der Waals surface area contributed by atoms with Crippen LogP contribution in [-0.2, 0) is 4.74 Å². The summed E-state index contributed by atoms with van der Waals surface area (Å²) in [5, 5.41) is 9.16. The minimum Gasteiger partial charge on any atom is -0.396 e. The summed E-state index contributed by atoms with van der Waals surface area (Å²) >= 11 is 0. The fourth-order valence-electron chi connectivity index (χ4n) is 2.80. The standard InChI is InChI=1S/C12H17N5O3/c1-6-4-7(2-3-18)11(20-6)17-5-14-8-9(17)15-12(13)16-10(8)19/h5-7,11,18H,2-4H2,1H3,(H3,13,15,16,19)/t6?,7-,11?/m0/s1. The van der Waals surface area contributed by atoms with Crippen LogP contribution in [0.5, 0.6) is 0 Å². The number of fused-ring (bicyclic) bond motifs is 1. The number of nitrogens with two attached hydrogens (primary N) is 1. The van der Waals surface area contributed by atoms with Gasteiger partial charge in [-0.15, -0.1) is 0 Å². The number of nitrogens with zero attached hydrogens (tertiary/aromatic N) is 3. The molecule has 0 aliphatic carbocycles. The summed E-state index contributed by atoms with van der Waals surface area (Å²) in [6.07, 6.45) is 2.83. The molecule has 1 saturated heterocycles. The van der Waals surface area contributed by atoms with Crippen molar-refractivity contribution in [3.8, 4) is 0 Å². The Bertz CT molecular complexity index is 679. The fourth-order valence-corrected chi connectivity index (χ4v) is 2.80. The maximum absolute atomic E-state index is 11.8. The lowest BCUT2D eigenvalue weighted by atomic mass is 10.0. The second-order valence-corrected chi connectivity index (χ2v) is 5.12. The van der Waals surface area contributed by atoms with Crippen LogP contribution in [-0.4, -0.2) is 37.3 Å². The van der Waals surface area contributed by atoms with Crippen molar-refractivity contribution < 1.29 is 9.84 Å². The molecule has 0 bridgehead atoms. The predicted molar refractivity (Wildman–Crippen MR) is 72.0 cm³/mol. The number of anilines is 1. The van der Waals surface area contributed by atoms with Gasteiger partial charge in [-0.1, -0.05) is 0 Å². The van der Waals surface area contributed by atoms with E-state index in [9.17, 15) is 4.79 Å². The van der Waals surface area contributed by atoms with Crippen molar-refractivity contribution in [1.29, 1.82) is 0 Å². The Morgan fingerprint density at radius 2 is 2.45 bits per heavy atom. The van der Waals surface area contributed by atoms with E-state index in [0.29, 0.717) is 12.1 Å². The molecule has 3 heterocycles. The van der Waals surface area contributed by atoms with E-state index in [1.54, 1.807) is 10.9 Å². The molecule has 8 heteroatoms. The average Bonchev–Trinajstić information content (AvgIpc) is 2.93. The van der Waals surface area contributed by atoms with Crippen molar-refractivity contribution in [3.05, 3.63) is 16.7 Å². The lowest BCUT2D eigenvalue weighted by Crippen LogP contribution is -2.18. The predicted octanol–water partition coefficient (Wildman–Crippen LogP) is 0.00780. The highest BCUT2D eigenvalue weighted by Crippen LogP contribution is 2.37. The summed E-state index contributed by atoms with van der Waals surface area (Å²) in [5.41, 5.74) is 5.87. The van der Waals surface area contributed by atoms with Crippen LogP contribution in [0.2, 0.25) is 0 Å². The number of aromatic amines is 1. The number of imidazole rings is 1. The van der Waals surface area contributed by atoms with Crippen LogP contribution in [0.15, 0.2) is 11.1 Å². The number of aromatic nitrogens is 4. The molecular formula is C12H17N5O3. The first-order chi connectivity index (χ1) is 9.60. The molecule has 1 aliphatic rings. The molecule has 2 aromatic heterocycles. The van der Waals surface area contributed by atoms with Gasteiger partial charge in [0.2, 0.25) is 5.95 Å². The van der Waals surface area contributed by atoms with Crippen LogP contribution in [0.3, 0.4) is 0 Å². The minimum absolute atomic E-state index is 0.0500. The average molecular weight is 279 g/mol. The van der Waals surface area contributed by atoms with Crippen LogP contribution in [0.4, 0.5) is 5.95 Å². The Hall–Kier alpha value is -1.93. The SMILES string of the molecule is CC1C[C@H](CCO)C(n2cnc3c(=O)[nH]c(N)nc32)O1. The third kappa shape index (κ3) is 2.06. The van der Waals surface area contributed by atoms with E-state index in [4.69, 9.17) is 15.6 Å². The lowest BCUT2D eigenvalue weighted by molar-refractivity contribution is -0.00611. The van der Waals surface area contributed by atoms with Gasteiger partial charge < -0.3 is 15.6 Å². The molecule has 2 unspecified atom stereocenters. The zero-order chi connectivity index (χ0) is 14.3. The van der Waals surface area contributed by atoms with Gasteiger partial charge in [0.25, 0.3) is 5.56 Å². The van der Waals surface area contributed by atoms with Gasteiger partial charge in [-0.3, -0.25) is 14.3 Å². The quantitative estimate of drug-likeness (QED) is 0.728. The van der Waals surface area contributed by atoms with Crippen molar-refractivity contribution in [2.45, 2.75) is 32.1 Å². The van der Waals surface area contributed by atoms with Crippen molar-refractivity contribution in [2.24, 2.45) is 5.92 Å². The Labute approximate surface area is 114 Å². The Morgan fingerprint density at radius 1 is 1.65 bits per heavy atom. The first kappa shape index (κ1) is 13.1. The first-order valence-corrected chi connectivity index (χ1v) is 6.58. The molecule has 1 fully saturated rings. The number of hydrogen-bond acceptors (Lipinski definition) is 6. The van der Waals surface area contributed by atoms with Crippen molar-refractivity contribution >= 4 is 17.1 Å². The zero-order valence-corrected chi connectivity index (χ0v) is 11.1. The first-order valence-electron chi connectivity index (χ1n) is 6.58.